The molecule has 106 valence electrons. The van der Waals surface area contributed by atoms with Gasteiger partial charge in [0.25, 0.3) is 0 Å². The highest BCUT2D eigenvalue weighted by atomic mass is 79.9. The summed E-state index contributed by atoms with van der Waals surface area (Å²) in [6.45, 7) is 3.15. The van der Waals surface area contributed by atoms with Crippen LogP contribution in [0.5, 0.6) is 0 Å². The highest BCUT2D eigenvalue weighted by Crippen LogP contribution is 2.35. The lowest BCUT2D eigenvalue weighted by atomic mass is 9.83. The highest BCUT2D eigenvalue weighted by Gasteiger charge is 2.21. The Hall–Kier alpha value is -0.0500. The fraction of sp³-hybridized carbons (Fsp3) is 0.625. The second-order valence-electron chi connectivity index (χ2n) is 5.52. The lowest BCUT2D eigenvalue weighted by Crippen LogP contribution is -2.24. The molecule has 0 saturated heterocycles. The van der Waals surface area contributed by atoms with Gasteiger partial charge in [-0.25, -0.2) is 0 Å². The molecule has 1 N–H and O–H groups in total. The van der Waals surface area contributed by atoms with Crippen LogP contribution in [0.4, 0.5) is 0 Å². The van der Waals surface area contributed by atoms with E-state index in [1.54, 1.807) is 0 Å². The molecule has 0 bridgehead atoms. The zero-order chi connectivity index (χ0) is 13.7. The largest absolute Gasteiger partial charge is 0.310 e. The van der Waals surface area contributed by atoms with Crippen molar-refractivity contribution in [3.05, 3.63) is 33.3 Å². The molecular weight excluding hydrogens is 322 g/mol. The van der Waals surface area contributed by atoms with Crippen LogP contribution in [0, 0.1) is 5.92 Å². The molecule has 1 aromatic rings. The number of halogens is 2. The number of hydrogen-bond donors (Lipinski definition) is 1. The van der Waals surface area contributed by atoms with E-state index in [0.29, 0.717) is 6.04 Å². The van der Waals surface area contributed by atoms with E-state index in [9.17, 15) is 0 Å². The van der Waals surface area contributed by atoms with Crippen molar-refractivity contribution in [2.75, 3.05) is 6.54 Å². The summed E-state index contributed by atoms with van der Waals surface area (Å²) in [6.07, 6.45) is 8.19. The van der Waals surface area contributed by atoms with Crippen molar-refractivity contribution >= 4 is 27.5 Å². The summed E-state index contributed by atoms with van der Waals surface area (Å²) in [5.41, 5.74) is 1.24. The molecule has 1 nitrogen and oxygen atoms in total. The Morgan fingerprint density at radius 2 is 2.05 bits per heavy atom. The summed E-state index contributed by atoms with van der Waals surface area (Å²) in [5, 5.41) is 4.49. The molecular formula is C16H23BrClN. The van der Waals surface area contributed by atoms with E-state index in [1.165, 1.54) is 44.1 Å². The topological polar surface area (TPSA) is 12.0 Å². The van der Waals surface area contributed by atoms with Gasteiger partial charge in [0.15, 0.2) is 0 Å². The van der Waals surface area contributed by atoms with Crippen molar-refractivity contribution < 1.29 is 0 Å². The van der Waals surface area contributed by atoms with Gasteiger partial charge < -0.3 is 5.32 Å². The molecule has 1 fully saturated rings. The zero-order valence-electron chi connectivity index (χ0n) is 11.6. The maximum absolute atomic E-state index is 6.38. The van der Waals surface area contributed by atoms with Crippen molar-refractivity contribution in [2.24, 2.45) is 5.92 Å². The minimum absolute atomic E-state index is 0.387. The molecule has 0 amide bonds. The first-order chi connectivity index (χ1) is 9.20. The number of benzene rings is 1. The summed E-state index contributed by atoms with van der Waals surface area (Å²) in [6, 6.07) is 6.55. The Kier molecular flexibility index (Phi) is 6.18. The average Bonchev–Trinajstić information content (AvgIpc) is 2.42. The molecule has 1 aromatic carbocycles. The molecule has 0 spiro atoms. The van der Waals surface area contributed by atoms with Gasteiger partial charge in [-0.15, -0.1) is 0 Å². The predicted molar refractivity (Wildman–Crippen MR) is 86.8 cm³/mol. The second kappa shape index (κ2) is 7.66. The Balaban J connectivity index is 2.11. The van der Waals surface area contributed by atoms with Gasteiger partial charge in [-0.3, -0.25) is 0 Å². The molecule has 1 unspecified atom stereocenters. The number of hydrogen-bond acceptors (Lipinski definition) is 1. The first-order valence-electron chi connectivity index (χ1n) is 7.39. The van der Waals surface area contributed by atoms with Crippen LogP contribution >= 0.6 is 27.5 Å². The number of nitrogens with one attached hydrogen (secondary N) is 1. The molecule has 2 rings (SSSR count). The Labute approximate surface area is 130 Å². The van der Waals surface area contributed by atoms with Gasteiger partial charge in [-0.1, -0.05) is 66.6 Å². The minimum atomic E-state index is 0.387. The second-order valence-corrected chi connectivity index (χ2v) is 6.84. The smallest absolute Gasteiger partial charge is 0.0454 e. The van der Waals surface area contributed by atoms with Crippen LogP contribution < -0.4 is 5.32 Å². The van der Waals surface area contributed by atoms with E-state index in [2.05, 4.69) is 34.2 Å². The summed E-state index contributed by atoms with van der Waals surface area (Å²) in [5.74, 6) is 0.854. The normalized spacial score (nSPS) is 18.5. The van der Waals surface area contributed by atoms with Crippen LogP contribution in [0.1, 0.15) is 57.1 Å². The van der Waals surface area contributed by atoms with Crippen molar-refractivity contribution in [2.45, 2.75) is 51.5 Å². The SMILES string of the molecule is CCNC(CC1CCCCC1)c1cc(Br)ccc1Cl. The fourth-order valence-electron chi connectivity index (χ4n) is 3.10. The van der Waals surface area contributed by atoms with E-state index >= 15 is 0 Å². The Morgan fingerprint density at radius 1 is 1.32 bits per heavy atom. The van der Waals surface area contributed by atoms with Gasteiger partial charge in [-0.05, 0) is 42.6 Å². The summed E-state index contributed by atoms with van der Waals surface area (Å²) < 4.78 is 1.11. The summed E-state index contributed by atoms with van der Waals surface area (Å²) >= 11 is 9.94. The highest BCUT2D eigenvalue weighted by molar-refractivity contribution is 9.10. The molecule has 1 atom stereocenters. The molecule has 0 aliphatic heterocycles. The molecule has 0 aromatic heterocycles. The van der Waals surface area contributed by atoms with E-state index < -0.39 is 0 Å². The van der Waals surface area contributed by atoms with Gasteiger partial charge in [0.2, 0.25) is 0 Å². The molecule has 1 saturated carbocycles. The third-order valence-corrected chi connectivity index (χ3v) is 4.92. The minimum Gasteiger partial charge on any atom is -0.310 e. The van der Waals surface area contributed by atoms with Crippen LogP contribution in [0.2, 0.25) is 5.02 Å². The van der Waals surface area contributed by atoms with Crippen molar-refractivity contribution in [1.82, 2.24) is 5.32 Å². The van der Waals surface area contributed by atoms with Gasteiger partial charge in [0.05, 0.1) is 0 Å². The molecule has 3 heteroatoms. The summed E-state index contributed by atoms with van der Waals surface area (Å²) in [7, 11) is 0. The molecule has 1 aliphatic carbocycles. The van der Waals surface area contributed by atoms with E-state index in [-0.39, 0.29) is 0 Å². The first-order valence-corrected chi connectivity index (χ1v) is 8.56. The first kappa shape index (κ1) is 15.3. The summed E-state index contributed by atoms with van der Waals surface area (Å²) in [4.78, 5) is 0. The monoisotopic (exact) mass is 343 g/mol. The van der Waals surface area contributed by atoms with Gasteiger partial charge >= 0.3 is 0 Å². The maximum atomic E-state index is 6.38. The van der Waals surface area contributed by atoms with Crippen LogP contribution in [0.3, 0.4) is 0 Å². The van der Waals surface area contributed by atoms with Crippen molar-refractivity contribution in [3.8, 4) is 0 Å². The van der Waals surface area contributed by atoms with E-state index in [4.69, 9.17) is 11.6 Å². The third-order valence-electron chi connectivity index (χ3n) is 4.08. The van der Waals surface area contributed by atoms with Crippen molar-refractivity contribution in [1.29, 1.82) is 0 Å². The molecule has 19 heavy (non-hydrogen) atoms. The van der Waals surface area contributed by atoms with Crippen LogP contribution in [0.15, 0.2) is 22.7 Å². The van der Waals surface area contributed by atoms with Gasteiger partial charge in [0, 0.05) is 15.5 Å². The van der Waals surface area contributed by atoms with Crippen LogP contribution in [-0.4, -0.2) is 6.54 Å². The quantitative estimate of drug-likeness (QED) is 0.720. The lowest BCUT2D eigenvalue weighted by Gasteiger charge is -2.28. The number of rotatable bonds is 5. The zero-order valence-corrected chi connectivity index (χ0v) is 13.9. The Bertz CT molecular complexity index is 402. The van der Waals surface area contributed by atoms with Gasteiger partial charge in [0.1, 0.15) is 0 Å². The predicted octanol–water partition coefficient (Wildman–Crippen LogP) is 5.72. The lowest BCUT2D eigenvalue weighted by molar-refractivity contribution is 0.301. The Morgan fingerprint density at radius 3 is 2.74 bits per heavy atom. The molecule has 1 aliphatic rings. The van der Waals surface area contributed by atoms with Gasteiger partial charge in [-0.2, -0.15) is 0 Å². The fourth-order valence-corrected chi connectivity index (χ4v) is 3.73. The molecule has 0 heterocycles. The van der Waals surface area contributed by atoms with Crippen molar-refractivity contribution in [3.63, 3.8) is 0 Å². The van der Waals surface area contributed by atoms with Crippen LogP contribution in [-0.2, 0) is 0 Å². The van der Waals surface area contributed by atoms with Crippen LogP contribution in [0.25, 0.3) is 0 Å². The third kappa shape index (κ3) is 4.47. The maximum Gasteiger partial charge on any atom is 0.0454 e. The average molecular weight is 345 g/mol. The van der Waals surface area contributed by atoms with E-state index in [0.717, 1.165) is 22.0 Å². The standard InChI is InChI=1S/C16H23BrClN/c1-2-19-16(10-12-6-4-3-5-7-12)14-11-13(17)8-9-15(14)18/h8-9,11-12,16,19H,2-7,10H2,1H3. The molecule has 0 radical (unpaired) electrons. The van der Waals surface area contributed by atoms with E-state index in [1.807, 2.05) is 12.1 Å².